The molecule has 8 nitrogen and oxygen atoms in total. The maximum absolute atomic E-state index is 12.8. The summed E-state index contributed by atoms with van der Waals surface area (Å²) < 4.78 is 7.12. The van der Waals surface area contributed by atoms with Gasteiger partial charge in [0.15, 0.2) is 0 Å². The van der Waals surface area contributed by atoms with Gasteiger partial charge in [0.05, 0.1) is 25.8 Å². The van der Waals surface area contributed by atoms with Crippen molar-refractivity contribution in [3.8, 4) is 5.75 Å². The van der Waals surface area contributed by atoms with Gasteiger partial charge in [-0.05, 0) is 36.6 Å². The van der Waals surface area contributed by atoms with Gasteiger partial charge >= 0.3 is 0 Å². The van der Waals surface area contributed by atoms with Crippen LogP contribution in [0, 0.1) is 13.8 Å². The second kappa shape index (κ2) is 9.30. The molecule has 1 atom stereocenters. The molecule has 8 heteroatoms. The fourth-order valence-electron chi connectivity index (χ4n) is 3.87. The Morgan fingerprint density at radius 2 is 2.10 bits per heavy atom. The van der Waals surface area contributed by atoms with Gasteiger partial charge in [0, 0.05) is 52.0 Å². The average molecular weight is 414 g/mol. The molecule has 30 heavy (non-hydrogen) atoms. The number of amides is 2. The van der Waals surface area contributed by atoms with Gasteiger partial charge in [-0.15, -0.1) is 0 Å². The van der Waals surface area contributed by atoms with Crippen LogP contribution in [-0.2, 0) is 29.7 Å². The zero-order valence-corrected chi connectivity index (χ0v) is 18.4. The van der Waals surface area contributed by atoms with Crippen LogP contribution in [0.15, 0.2) is 24.5 Å². The predicted octanol–water partition coefficient (Wildman–Crippen LogP) is 1.39. The smallest absolute Gasteiger partial charge is 0.237 e. The molecule has 1 aromatic carbocycles. The van der Waals surface area contributed by atoms with Gasteiger partial charge in [-0.25, -0.2) is 0 Å². The van der Waals surface area contributed by atoms with E-state index in [2.05, 4.69) is 22.2 Å². The van der Waals surface area contributed by atoms with Gasteiger partial charge in [0.25, 0.3) is 0 Å². The number of aryl methyl sites for hydroxylation is 1. The minimum atomic E-state index is -0.482. The van der Waals surface area contributed by atoms with Crippen molar-refractivity contribution in [2.24, 2.45) is 7.05 Å². The van der Waals surface area contributed by atoms with E-state index in [0.29, 0.717) is 26.2 Å². The monoisotopic (exact) mass is 413 g/mol. The van der Waals surface area contributed by atoms with Crippen LogP contribution in [0.5, 0.6) is 5.75 Å². The molecule has 1 aliphatic heterocycles. The summed E-state index contributed by atoms with van der Waals surface area (Å²) in [6.45, 7) is 6.49. The fraction of sp³-hybridized carbons (Fsp3) is 0.500. The van der Waals surface area contributed by atoms with E-state index in [1.54, 1.807) is 29.9 Å². The average Bonchev–Trinajstić information content (AvgIpc) is 3.12. The number of carbonyl (C=O) groups excluding carboxylic acids is 2. The number of ether oxygens (including phenoxy) is 1. The first-order valence-electron chi connectivity index (χ1n) is 10.2. The highest BCUT2D eigenvalue weighted by atomic mass is 16.5. The first-order valence-corrected chi connectivity index (χ1v) is 10.2. The highest BCUT2D eigenvalue weighted by Crippen LogP contribution is 2.26. The Morgan fingerprint density at radius 3 is 2.77 bits per heavy atom. The number of nitrogens with one attached hydrogen (secondary N) is 1. The van der Waals surface area contributed by atoms with E-state index in [1.807, 2.05) is 32.3 Å². The van der Waals surface area contributed by atoms with E-state index in [-0.39, 0.29) is 18.2 Å². The first kappa shape index (κ1) is 21.8. The molecule has 0 saturated carbocycles. The Hall–Kier alpha value is -2.87. The second-order valence-electron chi connectivity index (χ2n) is 7.93. The number of carbonyl (C=O) groups is 2. The topological polar surface area (TPSA) is 79.7 Å². The molecule has 1 N–H and O–H groups in total. The van der Waals surface area contributed by atoms with Gasteiger partial charge in [-0.3, -0.25) is 19.2 Å². The Kier molecular flexibility index (Phi) is 6.77. The summed E-state index contributed by atoms with van der Waals surface area (Å²) in [5.41, 5.74) is 4.35. The van der Waals surface area contributed by atoms with Crippen molar-refractivity contribution >= 4 is 11.8 Å². The molecule has 1 aromatic heterocycles. The van der Waals surface area contributed by atoms with E-state index in [1.165, 1.54) is 0 Å². The SMILES string of the molecule is COc1ccc(CN2CCNC(=O)C2CC(=O)N(C)Cc2cnn(C)c2)c(C)c1C. The highest BCUT2D eigenvalue weighted by Gasteiger charge is 2.32. The third kappa shape index (κ3) is 4.81. The molecular weight excluding hydrogens is 382 g/mol. The Labute approximate surface area is 177 Å². The van der Waals surface area contributed by atoms with Crippen molar-refractivity contribution in [3.63, 3.8) is 0 Å². The van der Waals surface area contributed by atoms with Gasteiger partial charge in [0.2, 0.25) is 11.8 Å². The third-order valence-corrected chi connectivity index (χ3v) is 5.86. The molecule has 0 bridgehead atoms. The lowest BCUT2D eigenvalue weighted by Gasteiger charge is -2.36. The number of methoxy groups -OCH3 is 1. The summed E-state index contributed by atoms with van der Waals surface area (Å²) >= 11 is 0. The molecule has 2 heterocycles. The summed E-state index contributed by atoms with van der Waals surface area (Å²) in [6.07, 6.45) is 3.78. The molecule has 0 spiro atoms. The molecular formula is C22H31N5O3. The molecule has 0 radical (unpaired) electrons. The van der Waals surface area contributed by atoms with Crippen LogP contribution in [0.2, 0.25) is 0 Å². The predicted molar refractivity (Wildman–Crippen MR) is 114 cm³/mol. The number of aromatic nitrogens is 2. The zero-order valence-electron chi connectivity index (χ0n) is 18.4. The summed E-state index contributed by atoms with van der Waals surface area (Å²) in [5.74, 6) is 0.706. The standard InChI is InChI=1S/C22H31N5O3/c1-15-16(2)20(30-5)7-6-18(15)14-27-9-8-23-22(29)19(27)10-21(28)25(3)12-17-11-24-26(4)13-17/h6-7,11,13,19H,8-10,12,14H2,1-5H3,(H,23,29). The van der Waals surface area contributed by atoms with Crippen LogP contribution in [0.25, 0.3) is 0 Å². The molecule has 162 valence electrons. The molecule has 1 fully saturated rings. The fourth-order valence-corrected chi connectivity index (χ4v) is 3.87. The third-order valence-electron chi connectivity index (χ3n) is 5.86. The normalized spacial score (nSPS) is 17.0. The van der Waals surface area contributed by atoms with E-state index in [0.717, 1.165) is 28.0 Å². The molecule has 2 amide bonds. The Balaban J connectivity index is 1.71. The van der Waals surface area contributed by atoms with Crippen molar-refractivity contribution in [3.05, 3.63) is 46.8 Å². The van der Waals surface area contributed by atoms with Crippen molar-refractivity contribution in [2.75, 3.05) is 27.2 Å². The number of piperazine rings is 1. The quantitative estimate of drug-likeness (QED) is 0.742. The van der Waals surface area contributed by atoms with Crippen LogP contribution in [0.3, 0.4) is 0 Å². The molecule has 2 aromatic rings. The number of nitrogens with zero attached hydrogens (tertiary/aromatic N) is 4. The van der Waals surface area contributed by atoms with Crippen molar-refractivity contribution in [1.29, 1.82) is 0 Å². The van der Waals surface area contributed by atoms with Crippen molar-refractivity contribution < 1.29 is 14.3 Å². The Bertz CT molecular complexity index is 923. The van der Waals surface area contributed by atoms with Gasteiger partial charge in [0.1, 0.15) is 5.75 Å². The number of hydrogen-bond donors (Lipinski definition) is 1. The van der Waals surface area contributed by atoms with Crippen LogP contribution in [-0.4, -0.2) is 64.7 Å². The van der Waals surface area contributed by atoms with E-state index < -0.39 is 6.04 Å². The van der Waals surface area contributed by atoms with Crippen LogP contribution in [0.1, 0.15) is 28.7 Å². The highest BCUT2D eigenvalue weighted by molar-refractivity contribution is 5.88. The maximum Gasteiger partial charge on any atom is 0.237 e. The van der Waals surface area contributed by atoms with Crippen molar-refractivity contribution in [2.45, 2.75) is 39.4 Å². The summed E-state index contributed by atoms with van der Waals surface area (Å²) in [5, 5.41) is 7.05. The van der Waals surface area contributed by atoms with E-state index in [4.69, 9.17) is 4.74 Å². The lowest BCUT2D eigenvalue weighted by Crippen LogP contribution is -2.56. The van der Waals surface area contributed by atoms with Crippen LogP contribution in [0.4, 0.5) is 0 Å². The van der Waals surface area contributed by atoms with Crippen LogP contribution < -0.4 is 10.1 Å². The molecule has 1 aliphatic rings. The van der Waals surface area contributed by atoms with Gasteiger partial charge in [-0.1, -0.05) is 6.07 Å². The minimum absolute atomic E-state index is 0.0615. The summed E-state index contributed by atoms with van der Waals surface area (Å²) in [7, 11) is 5.27. The van der Waals surface area contributed by atoms with Crippen molar-refractivity contribution in [1.82, 2.24) is 24.9 Å². The summed E-state index contributed by atoms with van der Waals surface area (Å²) in [6, 6.07) is 3.52. The second-order valence-corrected chi connectivity index (χ2v) is 7.93. The molecule has 1 saturated heterocycles. The number of hydrogen-bond acceptors (Lipinski definition) is 5. The number of rotatable bonds is 7. The van der Waals surface area contributed by atoms with Gasteiger partial charge in [-0.2, -0.15) is 5.10 Å². The largest absolute Gasteiger partial charge is 0.496 e. The van der Waals surface area contributed by atoms with E-state index in [9.17, 15) is 9.59 Å². The minimum Gasteiger partial charge on any atom is -0.496 e. The van der Waals surface area contributed by atoms with Gasteiger partial charge < -0.3 is 15.0 Å². The zero-order chi connectivity index (χ0) is 21.8. The van der Waals surface area contributed by atoms with Crippen LogP contribution >= 0.6 is 0 Å². The molecule has 0 aliphatic carbocycles. The maximum atomic E-state index is 12.8. The Morgan fingerprint density at radius 1 is 1.33 bits per heavy atom. The van der Waals surface area contributed by atoms with E-state index >= 15 is 0 Å². The summed E-state index contributed by atoms with van der Waals surface area (Å²) in [4.78, 5) is 29.2. The lowest BCUT2D eigenvalue weighted by atomic mass is 10.00. The molecule has 3 rings (SSSR count). The number of benzene rings is 1. The lowest BCUT2D eigenvalue weighted by molar-refractivity contribution is -0.138. The molecule has 1 unspecified atom stereocenters. The first-order chi connectivity index (χ1) is 14.3.